The highest BCUT2D eigenvalue weighted by Gasteiger charge is 2.29. The molecule has 144 valence electrons. The largest absolute Gasteiger partial charge is 0.333 e. The molecule has 8 heteroatoms. The van der Waals surface area contributed by atoms with E-state index in [1.165, 1.54) is 0 Å². The zero-order chi connectivity index (χ0) is 18.6. The maximum Gasteiger partial charge on any atom is 0.223 e. The van der Waals surface area contributed by atoms with Crippen LogP contribution < -0.4 is 5.32 Å². The van der Waals surface area contributed by atoms with Crippen LogP contribution in [0, 0.1) is 0 Å². The molecule has 0 radical (unpaired) electrons. The van der Waals surface area contributed by atoms with E-state index in [4.69, 9.17) is 11.6 Å². The molecule has 2 fully saturated rings. The van der Waals surface area contributed by atoms with Crippen LogP contribution in [0.1, 0.15) is 37.3 Å². The van der Waals surface area contributed by atoms with Crippen LogP contribution in [0.4, 0.5) is 0 Å². The number of hydrogen-bond donors (Lipinski definition) is 1. The summed E-state index contributed by atoms with van der Waals surface area (Å²) in [6.45, 7) is 3.28. The zero-order valence-corrected chi connectivity index (χ0v) is 16.4. The van der Waals surface area contributed by atoms with Crippen molar-refractivity contribution in [3.05, 3.63) is 34.9 Å². The third-order valence-corrected chi connectivity index (χ3v) is 7.24. The van der Waals surface area contributed by atoms with E-state index in [0.717, 1.165) is 24.9 Å². The van der Waals surface area contributed by atoms with Crippen molar-refractivity contribution in [2.24, 2.45) is 0 Å². The fourth-order valence-electron chi connectivity index (χ4n) is 3.66. The highest BCUT2D eigenvalue weighted by atomic mass is 35.5. The first-order valence-corrected chi connectivity index (χ1v) is 11.2. The molecular formula is C18H26ClN3O3S. The Bertz CT molecular complexity index is 735. The fourth-order valence-corrected chi connectivity index (χ4v) is 5.44. The van der Waals surface area contributed by atoms with Gasteiger partial charge < -0.3 is 10.2 Å². The van der Waals surface area contributed by atoms with E-state index in [2.05, 4.69) is 5.32 Å². The molecule has 1 amide bonds. The highest BCUT2D eigenvalue weighted by Crippen LogP contribution is 2.25. The second-order valence-electron chi connectivity index (χ2n) is 6.89. The minimum atomic E-state index is -3.22. The number of piperazine rings is 1. The van der Waals surface area contributed by atoms with Crippen LogP contribution in [0.25, 0.3) is 0 Å². The first-order valence-electron chi connectivity index (χ1n) is 9.21. The quantitative estimate of drug-likeness (QED) is 0.794. The van der Waals surface area contributed by atoms with Gasteiger partial charge in [0.15, 0.2) is 0 Å². The van der Waals surface area contributed by atoms with Gasteiger partial charge in [0.1, 0.15) is 0 Å². The molecule has 0 aromatic heterocycles. The van der Waals surface area contributed by atoms with E-state index < -0.39 is 10.0 Å². The summed E-state index contributed by atoms with van der Waals surface area (Å²) in [5, 5.41) is 3.97. The van der Waals surface area contributed by atoms with Gasteiger partial charge >= 0.3 is 0 Å². The van der Waals surface area contributed by atoms with Gasteiger partial charge in [-0.25, -0.2) is 12.7 Å². The Balaban J connectivity index is 1.58. The van der Waals surface area contributed by atoms with Gasteiger partial charge in [-0.3, -0.25) is 4.79 Å². The summed E-state index contributed by atoms with van der Waals surface area (Å²) in [4.78, 5) is 14.6. The Morgan fingerprint density at radius 2 is 2.00 bits per heavy atom. The van der Waals surface area contributed by atoms with Crippen molar-refractivity contribution in [3.8, 4) is 0 Å². The molecule has 0 spiro atoms. The number of halogens is 1. The number of carbonyl (C=O) groups excluding carboxylic acids is 1. The Morgan fingerprint density at radius 3 is 2.73 bits per heavy atom. The van der Waals surface area contributed by atoms with Crippen molar-refractivity contribution in [2.45, 2.75) is 31.7 Å². The van der Waals surface area contributed by atoms with Crippen LogP contribution in [0.15, 0.2) is 24.3 Å². The van der Waals surface area contributed by atoms with Crippen molar-refractivity contribution in [2.75, 3.05) is 38.5 Å². The number of benzene rings is 1. The number of carbonyl (C=O) groups is 1. The molecule has 0 saturated carbocycles. The minimum absolute atomic E-state index is 0.00750. The Kier molecular flexibility index (Phi) is 6.55. The van der Waals surface area contributed by atoms with Crippen molar-refractivity contribution < 1.29 is 13.2 Å². The van der Waals surface area contributed by atoms with E-state index in [1.807, 2.05) is 29.2 Å². The average molecular weight is 400 g/mol. The van der Waals surface area contributed by atoms with Gasteiger partial charge in [0.2, 0.25) is 15.9 Å². The minimum Gasteiger partial charge on any atom is -0.333 e. The predicted molar refractivity (Wildman–Crippen MR) is 103 cm³/mol. The zero-order valence-electron chi connectivity index (χ0n) is 14.9. The van der Waals surface area contributed by atoms with E-state index in [1.54, 1.807) is 4.31 Å². The van der Waals surface area contributed by atoms with Crippen molar-refractivity contribution >= 4 is 27.5 Å². The summed E-state index contributed by atoms with van der Waals surface area (Å²) in [7, 11) is -3.22. The van der Waals surface area contributed by atoms with E-state index >= 15 is 0 Å². The second-order valence-corrected chi connectivity index (χ2v) is 9.41. The summed E-state index contributed by atoms with van der Waals surface area (Å²) in [5.41, 5.74) is 1.00. The molecule has 3 rings (SSSR count). The molecule has 1 unspecified atom stereocenters. The number of nitrogens with one attached hydrogen (secondary N) is 1. The number of hydrogen-bond acceptors (Lipinski definition) is 4. The lowest BCUT2D eigenvalue weighted by Gasteiger charge is -2.36. The van der Waals surface area contributed by atoms with Crippen molar-refractivity contribution in [1.82, 2.24) is 14.5 Å². The first kappa shape index (κ1) is 19.6. The van der Waals surface area contributed by atoms with Crippen LogP contribution in [-0.4, -0.2) is 62.0 Å². The lowest BCUT2D eigenvalue weighted by atomic mass is 10.0. The van der Waals surface area contributed by atoms with Crippen LogP contribution in [0.5, 0.6) is 0 Å². The summed E-state index contributed by atoms with van der Waals surface area (Å²) in [6, 6.07) is 7.50. The molecule has 2 heterocycles. The summed E-state index contributed by atoms with van der Waals surface area (Å²) < 4.78 is 26.1. The second kappa shape index (κ2) is 8.69. The monoisotopic (exact) mass is 399 g/mol. The fraction of sp³-hybridized carbons (Fsp3) is 0.611. The molecule has 1 N–H and O–H groups in total. The molecule has 0 aliphatic carbocycles. The molecule has 26 heavy (non-hydrogen) atoms. The molecule has 1 atom stereocenters. The van der Waals surface area contributed by atoms with Gasteiger partial charge in [0.25, 0.3) is 0 Å². The third kappa shape index (κ3) is 4.76. The van der Waals surface area contributed by atoms with Crippen LogP contribution in [-0.2, 0) is 14.8 Å². The predicted octanol–water partition coefficient (Wildman–Crippen LogP) is 2.02. The molecule has 2 aliphatic heterocycles. The molecule has 1 aromatic carbocycles. The van der Waals surface area contributed by atoms with Gasteiger partial charge in [0.05, 0.1) is 11.8 Å². The van der Waals surface area contributed by atoms with Gasteiger partial charge in [-0.05, 0) is 37.0 Å². The molecule has 2 aliphatic rings. The standard InChI is InChI=1S/C18H26ClN3O3S/c19-16-6-3-5-15(13-16)17-14-20-8-11-22(17)18(23)7-4-12-26(24,25)21-9-1-2-10-21/h3,5-6,13,17,20H,1-2,4,7-12,14H2. The van der Waals surface area contributed by atoms with Gasteiger partial charge in [-0.1, -0.05) is 23.7 Å². The summed E-state index contributed by atoms with van der Waals surface area (Å²) >= 11 is 6.09. The van der Waals surface area contributed by atoms with Gasteiger partial charge in [0, 0.05) is 44.2 Å². The first-order chi connectivity index (χ1) is 12.5. The Morgan fingerprint density at radius 1 is 1.23 bits per heavy atom. The van der Waals surface area contributed by atoms with E-state index in [-0.39, 0.29) is 24.1 Å². The molecule has 2 saturated heterocycles. The lowest BCUT2D eigenvalue weighted by Crippen LogP contribution is -2.48. The maximum absolute atomic E-state index is 12.7. The number of rotatable bonds is 6. The Hall–Kier alpha value is -1.15. The van der Waals surface area contributed by atoms with Crippen molar-refractivity contribution in [3.63, 3.8) is 0 Å². The average Bonchev–Trinajstić information content (AvgIpc) is 3.17. The number of nitrogens with zero attached hydrogens (tertiary/aromatic N) is 2. The SMILES string of the molecule is O=C(CCCS(=O)(=O)N1CCCC1)N1CCNCC1c1cccc(Cl)c1. The lowest BCUT2D eigenvalue weighted by molar-refractivity contribution is -0.134. The summed E-state index contributed by atoms with van der Waals surface area (Å²) in [5.74, 6) is 0.0558. The van der Waals surface area contributed by atoms with E-state index in [0.29, 0.717) is 37.6 Å². The maximum atomic E-state index is 12.7. The third-order valence-electron chi connectivity index (χ3n) is 5.05. The van der Waals surface area contributed by atoms with Crippen LogP contribution in [0.3, 0.4) is 0 Å². The van der Waals surface area contributed by atoms with Crippen LogP contribution in [0.2, 0.25) is 5.02 Å². The molecular weight excluding hydrogens is 374 g/mol. The normalized spacial score (nSPS) is 21.9. The number of sulfonamides is 1. The van der Waals surface area contributed by atoms with E-state index in [9.17, 15) is 13.2 Å². The van der Waals surface area contributed by atoms with Crippen LogP contribution >= 0.6 is 11.6 Å². The highest BCUT2D eigenvalue weighted by molar-refractivity contribution is 7.89. The smallest absolute Gasteiger partial charge is 0.223 e. The molecule has 0 bridgehead atoms. The molecule has 1 aromatic rings. The summed E-state index contributed by atoms with van der Waals surface area (Å²) in [6.07, 6.45) is 2.48. The van der Waals surface area contributed by atoms with Gasteiger partial charge in [-0.15, -0.1) is 0 Å². The Labute approximate surface area is 160 Å². The van der Waals surface area contributed by atoms with Crippen molar-refractivity contribution in [1.29, 1.82) is 0 Å². The van der Waals surface area contributed by atoms with Gasteiger partial charge in [-0.2, -0.15) is 0 Å². The number of amides is 1. The topological polar surface area (TPSA) is 69.7 Å². The molecule has 6 nitrogen and oxygen atoms in total.